The molecule has 2 rings (SSSR count). The molecule has 1 amide bonds. The predicted octanol–water partition coefficient (Wildman–Crippen LogP) is 2.18. The molecular weight excluding hydrogens is 273 g/mol. The predicted molar refractivity (Wildman–Crippen MR) is 69.6 cm³/mol. The van der Waals surface area contributed by atoms with E-state index in [1.165, 1.54) is 18.2 Å². The number of benzene rings is 1. The summed E-state index contributed by atoms with van der Waals surface area (Å²) in [5, 5.41) is 2.50. The summed E-state index contributed by atoms with van der Waals surface area (Å²) in [4.78, 5) is 22.8. The lowest BCUT2D eigenvalue weighted by atomic mass is 10.1. The van der Waals surface area contributed by atoms with Crippen LogP contribution in [0.25, 0.3) is 11.0 Å². The summed E-state index contributed by atoms with van der Waals surface area (Å²) in [5.41, 5.74) is 0.105. The lowest BCUT2D eigenvalue weighted by Gasteiger charge is -2.08. The fraction of sp³-hybridized carbons (Fsp3) is 0.231. The molecule has 0 radical (unpaired) electrons. The molecule has 0 aliphatic rings. The molecule has 0 bridgehead atoms. The second-order valence-corrected chi connectivity index (χ2v) is 4.72. The molecule has 6 heteroatoms. The van der Waals surface area contributed by atoms with Crippen molar-refractivity contribution in [1.29, 1.82) is 0 Å². The largest absolute Gasteiger partial charge is 0.423 e. The second kappa shape index (κ2) is 5.40. The first-order chi connectivity index (χ1) is 8.97. The number of hydrogen-bond donors (Lipinski definition) is 1. The van der Waals surface area contributed by atoms with E-state index in [9.17, 15) is 14.0 Å². The number of carbonyl (C=O) groups is 1. The third-order valence-electron chi connectivity index (χ3n) is 2.61. The first-order valence-corrected chi connectivity index (χ1v) is 6.05. The van der Waals surface area contributed by atoms with Crippen LogP contribution in [0.5, 0.6) is 0 Å². The van der Waals surface area contributed by atoms with Crippen LogP contribution in [0, 0.1) is 5.82 Å². The van der Waals surface area contributed by atoms with Gasteiger partial charge in [0.15, 0.2) is 0 Å². The van der Waals surface area contributed by atoms with Crippen LogP contribution in [0.3, 0.4) is 0 Å². The maximum Gasteiger partial charge on any atom is 0.336 e. The topological polar surface area (TPSA) is 59.3 Å². The first kappa shape index (κ1) is 13.5. The molecule has 0 saturated carbocycles. The minimum atomic E-state index is -0.663. The van der Waals surface area contributed by atoms with Crippen molar-refractivity contribution in [2.75, 3.05) is 0 Å². The summed E-state index contributed by atoms with van der Waals surface area (Å²) in [6.07, 6.45) is 0. The second-order valence-electron chi connectivity index (χ2n) is 4.06. The molecule has 1 atom stereocenters. The molecule has 1 unspecified atom stereocenters. The summed E-state index contributed by atoms with van der Waals surface area (Å²) in [5.74, 6) is -0.837. The molecular formula is C13H11ClFNO3. The van der Waals surface area contributed by atoms with Gasteiger partial charge in [-0.15, -0.1) is 11.6 Å². The average Bonchev–Trinajstić information content (AvgIpc) is 2.34. The Balaban J connectivity index is 2.37. The Morgan fingerprint density at radius 2 is 2.21 bits per heavy atom. The quantitative estimate of drug-likeness (QED) is 0.694. The number of fused-ring (bicyclic) bond motifs is 1. The SMILES string of the molecule is CC(Cl)C(=O)NCc1cc(=O)oc2cc(F)ccc12. The molecule has 0 aliphatic carbocycles. The maximum absolute atomic E-state index is 13.1. The molecule has 0 aliphatic heterocycles. The maximum atomic E-state index is 13.1. The van der Waals surface area contributed by atoms with E-state index in [4.69, 9.17) is 16.0 Å². The Hall–Kier alpha value is -1.88. The fourth-order valence-electron chi connectivity index (χ4n) is 1.67. The Kier molecular flexibility index (Phi) is 3.85. The molecule has 1 aromatic carbocycles. The highest BCUT2D eigenvalue weighted by molar-refractivity contribution is 6.30. The highest BCUT2D eigenvalue weighted by Gasteiger charge is 2.11. The zero-order chi connectivity index (χ0) is 14.0. The van der Waals surface area contributed by atoms with Crippen LogP contribution in [-0.2, 0) is 11.3 Å². The van der Waals surface area contributed by atoms with E-state index < -0.39 is 16.8 Å². The van der Waals surface area contributed by atoms with Crippen LogP contribution < -0.4 is 10.9 Å². The van der Waals surface area contributed by atoms with Crippen molar-refractivity contribution in [3.8, 4) is 0 Å². The molecule has 100 valence electrons. The number of amides is 1. The summed E-state index contributed by atoms with van der Waals surface area (Å²) >= 11 is 5.62. The van der Waals surface area contributed by atoms with Gasteiger partial charge in [0.2, 0.25) is 5.91 Å². The lowest BCUT2D eigenvalue weighted by molar-refractivity contribution is -0.120. The van der Waals surface area contributed by atoms with Crippen LogP contribution in [-0.4, -0.2) is 11.3 Å². The smallest absolute Gasteiger partial charge is 0.336 e. The van der Waals surface area contributed by atoms with Crippen LogP contribution in [0.15, 0.2) is 33.5 Å². The fourth-order valence-corrected chi connectivity index (χ4v) is 1.75. The normalized spacial score (nSPS) is 12.4. The van der Waals surface area contributed by atoms with Crippen molar-refractivity contribution in [3.63, 3.8) is 0 Å². The molecule has 4 nitrogen and oxygen atoms in total. The summed E-state index contributed by atoms with van der Waals surface area (Å²) < 4.78 is 18.0. The lowest BCUT2D eigenvalue weighted by Crippen LogP contribution is -2.29. The van der Waals surface area contributed by atoms with E-state index in [0.29, 0.717) is 10.9 Å². The van der Waals surface area contributed by atoms with E-state index in [0.717, 1.165) is 6.07 Å². The third kappa shape index (κ3) is 3.12. The highest BCUT2D eigenvalue weighted by Crippen LogP contribution is 2.18. The van der Waals surface area contributed by atoms with Crippen molar-refractivity contribution in [2.45, 2.75) is 18.8 Å². The van der Waals surface area contributed by atoms with Gasteiger partial charge in [-0.2, -0.15) is 0 Å². The Morgan fingerprint density at radius 3 is 2.89 bits per heavy atom. The van der Waals surface area contributed by atoms with Gasteiger partial charge in [-0.1, -0.05) is 0 Å². The van der Waals surface area contributed by atoms with Crippen LogP contribution >= 0.6 is 11.6 Å². The van der Waals surface area contributed by atoms with Crippen molar-refractivity contribution in [1.82, 2.24) is 5.32 Å². The average molecular weight is 284 g/mol. The van der Waals surface area contributed by atoms with Crippen molar-refractivity contribution >= 4 is 28.5 Å². The molecule has 2 aromatic rings. The van der Waals surface area contributed by atoms with Gasteiger partial charge in [-0.25, -0.2) is 9.18 Å². The number of hydrogen-bond acceptors (Lipinski definition) is 3. The summed E-state index contributed by atoms with van der Waals surface area (Å²) in [7, 11) is 0. The highest BCUT2D eigenvalue weighted by atomic mass is 35.5. The first-order valence-electron chi connectivity index (χ1n) is 5.61. The van der Waals surface area contributed by atoms with Crippen LogP contribution in [0.1, 0.15) is 12.5 Å². The van der Waals surface area contributed by atoms with E-state index >= 15 is 0 Å². The molecule has 1 heterocycles. The van der Waals surface area contributed by atoms with Crippen molar-refractivity contribution in [2.24, 2.45) is 0 Å². The van der Waals surface area contributed by atoms with Crippen LogP contribution in [0.2, 0.25) is 0 Å². The van der Waals surface area contributed by atoms with Gasteiger partial charge in [0.05, 0.1) is 0 Å². The van der Waals surface area contributed by atoms with E-state index in [1.807, 2.05) is 0 Å². The van der Waals surface area contributed by atoms with Gasteiger partial charge >= 0.3 is 5.63 Å². The van der Waals surface area contributed by atoms with Crippen molar-refractivity contribution < 1.29 is 13.6 Å². The molecule has 0 spiro atoms. The van der Waals surface area contributed by atoms with Gasteiger partial charge < -0.3 is 9.73 Å². The zero-order valence-electron chi connectivity index (χ0n) is 10.1. The van der Waals surface area contributed by atoms with Crippen molar-refractivity contribution in [3.05, 3.63) is 46.1 Å². The molecule has 0 fully saturated rings. The minimum absolute atomic E-state index is 0.129. The van der Waals surface area contributed by atoms with Gasteiger partial charge in [0.25, 0.3) is 0 Å². The zero-order valence-corrected chi connectivity index (χ0v) is 10.8. The molecule has 1 aromatic heterocycles. The standard InChI is InChI=1S/C13H11ClFNO3/c1-7(14)13(18)16-6-8-4-12(17)19-11-5-9(15)2-3-10(8)11/h2-5,7H,6H2,1H3,(H,16,18). The van der Waals surface area contributed by atoms with Gasteiger partial charge in [-0.3, -0.25) is 4.79 Å². The summed E-state index contributed by atoms with van der Waals surface area (Å²) in [6, 6.07) is 5.16. The van der Waals surface area contributed by atoms with Crippen LogP contribution in [0.4, 0.5) is 4.39 Å². The van der Waals surface area contributed by atoms with E-state index in [1.54, 1.807) is 6.92 Å². The Labute approximate surface area is 113 Å². The number of rotatable bonds is 3. The number of nitrogens with one attached hydrogen (secondary N) is 1. The number of halogens is 2. The number of carbonyl (C=O) groups excluding carboxylic acids is 1. The Morgan fingerprint density at radius 1 is 1.47 bits per heavy atom. The molecule has 0 saturated heterocycles. The Bertz CT molecular complexity index is 681. The summed E-state index contributed by atoms with van der Waals surface area (Å²) in [6.45, 7) is 1.67. The van der Waals surface area contributed by atoms with Gasteiger partial charge in [0, 0.05) is 24.1 Å². The van der Waals surface area contributed by atoms with Gasteiger partial charge in [0.1, 0.15) is 16.8 Å². The monoisotopic (exact) mass is 283 g/mol. The van der Waals surface area contributed by atoms with E-state index in [2.05, 4.69) is 5.32 Å². The van der Waals surface area contributed by atoms with Gasteiger partial charge in [-0.05, 0) is 24.6 Å². The third-order valence-corrected chi connectivity index (χ3v) is 2.80. The molecule has 1 N–H and O–H groups in total. The minimum Gasteiger partial charge on any atom is -0.423 e. The molecule has 19 heavy (non-hydrogen) atoms. The van der Waals surface area contributed by atoms with E-state index in [-0.39, 0.29) is 18.0 Å². The number of alkyl halides is 1.